The van der Waals surface area contributed by atoms with Gasteiger partial charge in [0.05, 0.1) is 18.8 Å². The van der Waals surface area contributed by atoms with Crippen molar-refractivity contribution in [2.24, 2.45) is 11.7 Å². The van der Waals surface area contributed by atoms with Gasteiger partial charge in [-0.2, -0.15) is 0 Å². The number of ether oxygens (including phenoxy) is 2. The molecule has 4 atom stereocenters. The molecule has 196 valence electrons. The molecule has 0 bridgehead atoms. The van der Waals surface area contributed by atoms with Gasteiger partial charge in [0.25, 0.3) is 0 Å². The Morgan fingerprint density at radius 1 is 0.757 bits per heavy atom. The van der Waals surface area contributed by atoms with E-state index in [0.717, 1.165) is 61.5 Å². The van der Waals surface area contributed by atoms with Crippen LogP contribution in [0, 0.1) is 5.92 Å². The second-order valence-electron chi connectivity index (χ2n) is 10.3. The van der Waals surface area contributed by atoms with E-state index in [1.165, 1.54) is 5.56 Å². The molecule has 0 unspecified atom stereocenters. The fraction of sp³-hybridized carbons (Fsp3) is 0.419. The number of aliphatic hydroxyl groups excluding tert-OH is 1. The largest absolute Gasteiger partial charge is 0.392 e. The van der Waals surface area contributed by atoms with Crippen LogP contribution in [0.5, 0.6) is 0 Å². The monoisotopic (exact) mass is 501 g/mol. The summed E-state index contributed by atoms with van der Waals surface area (Å²) in [4.78, 5) is 5.07. The van der Waals surface area contributed by atoms with Crippen molar-refractivity contribution in [1.82, 2.24) is 9.80 Å². The molecule has 0 spiro atoms. The van der Waals surface area contributed by atoms with Crippen molar-refractivity contribution in [2.75, 3.05) is 32.7 Å². The standard InChI is InChI=1S/C31H39N3O3/c1-23-29(21-34-17-15-33(16-18-34)20-25-5-3-2-4-6-25)36-31(28-13-7-24(19-32)8-14-28)37-30(23)27-11-9-26(22-35)10-12-27/h2-14,23,29-31,35H,15-22,32H2,1H3/t23-,29+,30+,31+/m1/s1. The first kappa shape index (κ1) is 26.0. The molecule has 6 heteroatoms. The molecular weight excluding hydrogens is 462 g/mol. The lowest BCUT2D eigenvalue weighted by Crippen LogP contribution is -2.51. The van der Waals surface area contributed by atoms with Crippen LogP contribution in [0.3, 0.4) is 0 Å². The topological polar surface area (TPSA) is 71.2 Å². The summed E-state index contributed by atoms with van der Waals surface area (Å²) >= 11 is 0. The van der Waals surface area contributed by atoms with Gasteiger partial charge < -0.3 is 20.3 Å². The molecule has 5 rings (SSSR count). The third-order valence-electron chi connectivity index (χ3n) is 7.76. The molecule has 2 heterocycles. The van der Waals surface area contributed by atoms with Crippen LogP contribution in [0.4, 0.5) is 0 Å². The SMILES string of the molecule is C[C@@H]1[C@H](CN2CCN(Cc3ccccc3)CC2)O[C@H](c2ccc(CN)cc2)O[C@@H]1c1ccc(CO)cc1. The highest BCUT2D eigenvalue weighted by molar-refractivity contribution is 5.27. The minimum atomic E-state index is -0.435. The van der Waals surface area contributed by atoms with Gasteiger partial charge in [0.15, 0.2) is 6.29 Å². The van der Waals surface area contributed by atoms with E-state index in [0.29, 0.717) is 6.54 Å². The van der Waals surface area contributed by atoms with Gasteiger partial charge in [0.2, 0.25) is 0 Å². The Kier molecular flexibility index (Phi) is 8.66. The highest BCUT2D eigenvalue weighted by Crippen LogP contribution is 2.42. The zero-order chi connectivity index (χ0) is 25.6. The van der Waals surface area contributed by atoms with Gasteiger partial charge in [-0.15, -0.1) is 0 Å². The number of piperazine rings is 1. The Morgan fingerprint density at radius 2 is 1.38 bits per heavy atom. The van der Waals surface area contributed by atoms with Crippen molar-refractivity contribution in [1.29, 1.82) is 0 Å². The highest BCUT2D eigenvalue weighted by Gasteiger charge is 2.39. The van der Waals surface area contributed by atoms with Gasteiger partial charge in [-0.3, -0.25) is 9.80 Å². The van der Waals surface area contributed by atoms with E-state index in [2.05, 4.69) is 71.3 Å². The van der Waals surface area contributed by atoms with Crippen molar-refractivity contribution in [2.45, 2.75) is 45.1 Å². The van der Waals surface area contributed by atoms with E-state index in [-0.39, 0.29) is 24.7 Å². The summed E-state index contributed by atoms with van der Waals surface area (Å²) in [6.07, 6.45) is -0.490. The molecular formula is C31H39N3O3. The zero-order valence-electron chi connectivity index (χ0n) is 21.7. The Labute approximate surface area is 220 Å². The maximum atomic E-state index is 9.48. The maximum absolute atomic E-state index is 9.48. The third-order valence-corrected chi connectivity index (χ3v) is 7.76. The van der Waals surface area contributed by atoms with Gasteiger partial charge in [-0.1, -0.05) is 85.8 Å². The number of nitrogens with zero attached hydrogens (tertiary/aromatic N) is 2. The first-order valence-electron chi connectivity index (χ1n) is 13.4. The van der Waals surface area contributed by atoms with Gasteiger partial charge in [-0.25, -0.2) is 0 Å². The third kappa shape index (κ3) is 6.47. The lowest BCUT2D eigenvalue weighted by molar-refractivity contribution is -0.276. The molecule has 0 aliphatic carbocycles. The molecule has 0 saturated carbocycles. The lowest BCUT2D eigenvalue weighted by Gasteiger charge is -2.44. The van der Waals surface area contributed by atoms with E-state index < -0.39 is 6.29 Å². The molecule has 6 nitrogen and oxygen atoms in total. The molecule has 0 radical (unpaired) electrons. The normalized spacial score (nSPS) is 25.3. The second kappa shape index (κ2) is 12.3. The van der Waals surface area contributed by atoms with E-state index in [1.807, 2.05) is 24.3 Å². The van der Waals surface area contributed by atoms with Crippen molar-refractivity contribution >= 4 is 0 Å². The van der Waals surface area contributed by atoms with E-state index in [9.17, 15) is 5.11 Å². The van der Waals surface area contributed by atoms with Crippen molar-refractivity contribution in [3.63, 3.8) is 0 Å². The first-order valence-corrected chi connectivity index (χ1v) is 13.4. The summed E-state index contributed by atoms with van der Waals surface area (Å²) in [7, 11) is 0. The fourth-order valence-corrected chi connectivity index (χ4v) is 5.37. The van der Waals surface area contributed by atoms with E-state index in [4.69, 9.17) is 15.2 Å². The number of rotatable bonds is 8. The predicted octanol–water partition coefficient (Wildman–Crippen LogP) is 4.25. The van der Waals surface area contributed by atoms with Gasteiger partial charge in [-0.05, 0) is 22.3 Å². The summed E-state index contributed by atoms with van der Waals surface area (Å²) in [5.41, 5.74) is 11.3. The molecule has 2 aliphatic rings. The van der Waals surface area contributed by atoms with Crippen LogP contribution in [0.2, 0.25) is 0 Å². The van der Waals surface area contributed by atoms with Crippen molar-refractivity contribution < 1.29 is 14.6 Å². The van der Waals surface area contributed by atoms with Crippen LogP contribution >= 0.6 is 0 Å². The maximum Gasteiger partial charge on any atom is 0.184 e. The lowest BCUT2D eigenvalue weighted by atomic mass is 9.90. The molecule has 3 aromatic rings. The molecule has 2 saturated heterocycles. The van der Waals surface area contributed by atoms with Crippen LogP contribution in [0.15, 0.2) is 78.9 Å². The number of hydrogen-bond acceptors (Lipinski definition) is 6. The predicted molar refractivity (Wildman–Crippen MR) is 145 cm³/mol. The Hall–Kier alpha value is -2.58. The molecule has 2 fully saturated rings. The van der Waals surface area contributed by atoms with Gasteiger partial charge >= 0.3 is 0 Å². The average Bonchev–Trinajstić information content (AvgIpc) is 2.96. The van der Waals surface area contributed by atoms with Crippen LogP contribution in [-0.4, -0.2) is 53.7 Å². The van der Waals surface area contributed by atoms with Crippen LogP contribution in [0.25, 0.3) is 0 Å². The molecule has 3 N–H and O–H groups in total. The van der Waals surface area contributed by atoms with E-state index in [1.54, 1.807) is 0 Å². The van der Waals surface area contributed by atoms with Crippen molar-refractivity contribution in [3.05, 3.63) is 107 Å². The van der Waals surface area contributed by atoms with Crippen molar-refractivity contribution in [3.8, 4) is 0 Å². The summed E-state index contributed by atoms with van der Waals surface area (Å²) < 4.78 is 13.2. The average molecular weight is 502 g/mol. The van der Waals surface area contributed by atoms with Crippen LogP contribution in [0.1, 0.15) is 47.1 Å². The molecule has 2 aliphatic heterocycles. The Morgan fingerprint density at radius 3 is 2.03 bits per heavy atom. The second-order valence-corrected chi connectivity index (χ2v) is 10.3. The van der Waals surface area contributed by atoms with Gasteiger partial charge in [0.1, 0.15) is 0 Å². The molecule has 0 aromatic heterocycles. The minimum absolute atomic E-state index is 0.0381. The summed E-state index contributed by atoms with van der Waals surface area (Å²) in [5, 5.41) is 9.48. The molecule has 3 aromatic carbocycles. The number of benzene rings is 3. The highest BCUT2D eigenvalue weighted by atomic mass is 16.7. The number of hydrogen-bond donors (Lipinski definition) is 2. The zero-order valence-corrected chi connectivity index (χ0v) is 21.7. The number of nitrogens with two attached hydrogens (primary N) is 1. The Balaban J connectivity index is 1.28. The molecule has 0 amide bonds. The number of aliphatic hydroxyl groups is 1. The summed E-state index contributed by atoms with van der Waals surface area (Å²) in [6.45, 7) is 8.86. The Bertz CT molecular complexity index is 1100. The van der Waals surface area contributed by atoms with Crippen LogP contribution < -0.4 is 5.73 Å². The summed E-state index contributed by atoms with van der Waals surface area (Å²) in [6, 6.07) is 27.0. The minimum Gasteiger partial charge on any atom is -0.392 e. The first-order chi connectivity index (χ1) is 18.1. The quantitative estimate of drug-likeness (QED) is 0.481. The fourth-order valence-electron chi connectivity index (χ4n) is 5.37. The van der Waals surface area contributed by atoms with Gasteiger partial charge in [0, 0.05) is 57.3 Å². The van der Waals surface area contributed by atoms with E-state index >= 15 is 0 Å². The summed E-state index contributed by atoms with van der Waals surface area (Å²) in [5.74, 6) is 0.182. The smallest absolute Gasteiger partial charge is 0.184 e. The molecule has 37 heavy (non-hydrogen) atoms. The van der Waals surface area contributed by atoms with Crippen LogP contribution in [-0.2, 0) is 29.2 Å².